The number of aryl methyl sites for hydroxylation is 1. The summed E-state index contributed by atoms with van der Waals surface area (Å²) in [5.74, 6) is -2.78. The molecule has 2 aromatic carbocycles. The number of carboxylic acid groups (broad SMARTS) is 1. The Balaban J connectivity index is 1.45. The average Bonchev–Trinajstić information content (AvgIpc) is 3.26. The summed E-state index contributed by atoms with van der Waals surface area (Å²) in [4.78, 5) is 49.3. The first kappa shape index (κ1) is 28.8. The molecule has 0 saturated heterocycles. The van der Waals surface area contributed by atoms with Crippen LogP contribution in [0.2, 0.25) is 0 Å². The molecule has 2 atom stereocenters. The van der Waals surface area contributed by atoms with E-state index in [-0.39, 0.29) is 24.7 Å². The Hall–Kier alpha value is -4.18. The normalized spacial score (nSPS) is 16.7. The van der Waals surface area contributed by atoms with Crippen molar-refractivity contribution < 1.29 is 29.0 Å². The van der Waals surface area contributed by atoms with E-state index in [0.717, 1.165) is 22.0 Å². The van der Waals surface area contributed by atoms with Gasteiger partial charge in [0.25, 0.3) is 0 Å². The van der Waals surface area contributed by atoms with Crippen LogP contribution < -0.4 is 16.0 Å². The quantitative estimate of drug-likeness (QED) is 0.324. The van der Waals surface area contributed by atoms with Crippen molar-refractivity contribution in [2.45, 2.75) is 51.6 Å². The van der Waals surface area contributed by atoms with E-state index >= 15 is 0 Å². The number of anilines is 1. The molecule has 1 aliphatic rings. The van der Waals surface area contributed by atoms with Crippen molar-refractivity contribution in [1.82, 2.24) is 15.2 Å². The number of nitrogens with zero attached hydrogens (tertiary/aromatic N) is 1. The zero-order valence-corrected chi connectivity index (χ0v) is 22.7. The summed E-state index contributed by atoms with van der Waals surface area (Å²) in [7, 11) is 0. The van der Waals surface area contributed by atoms with Gasteiger partial charge < -0.3 is 30.4 Å². The molecular formula is C30H36N4O6. The second-order valence-corrected chi connectivity index (χ2v) is 10.1. The molecule has 3 amide bonds. The van der Waals surface area contributed by atoms with Crippen molar-refractivity contribution in [1.29, 1.82) is 0 Å². The Labute approximate surface area is 233 Å². The molecule has 212 valence electrons. The van der Waals surface area contributed by atoms with Crippen molar-refractivity contribution in [3.8, 4) is 0 Å². The van der Waals surface area contributed by atoms with Gasteiger partial charge >= 0.3 is 5.97 Å². The number of fused-ring (bicyclic) bond motifs is 5. The van der Waals surface area contributed by atoms with E-state index in [9.17, 15) is 24.3 Å². The summed E-state index contributed by atoms with van der Waals surface area (Å²) in [6, 6.07) is 14.5. The third kappa shape index (κ3) is 7.92. The number of nitrogens with one attached hydrogen (secondary N) is 3. The lowest BCUT2D eigenvalue weighted by Crippen LogP contribution is -2.50. The minimum absolute atomic E-state index is 0.149. The van der Waals surface area contributed by atoms with Crippen LogP contribution in [0.15, 0.2) is 54.7 Å². The minimum Gasteiger partial charge on any atom is -0.481 e. The highest BCUT2D eigenvalue weighted by molar-refractivity contribution is 5.91. The number of rotatable bonds is 9. The summed E-state index contributed by atoms with van der Waals surface area (Å²) in [6.07, 6.45) is 3.54. The van der Waals surface area contributed by atoms with Crippen molar-refractivity contribution in [3.05, 3.63) is 65.9 Å². The highest BCUT2D eigenvalue weighted by Crippen LogP contribution is 2.24. The molecule has 0 saturated carbocycles. The Morgan fingerprint density at radius 1 is 1.12 bits per heavy atom. The maximum Gasteiger partial charge on any atom is 0.304 e. The third-order valence-electron chi connectivity index (χ3n) is 7.03. The highest BCUT2D eigenvalue weighted by Gasteiger charge is 2.28. The van der Waals surface area contributed by atoms with Gasteiger partial charge in [-0.1, -0.05) is 30.3 Å². The molecule has 0 aliphatic carbocycles. The average molecular weight is 549 g/mol. The summed E-state index contributed by atoms with van der Waals surface area (Å²) in [6.45, 7) is 3.30. The predicted molar refractivity (Wildman–Crippen MR) is 151 cm³/mol. The zero-order chi connectivity index (χ0) is 28.5. The smallest absolute Gasteiger partial charge is 0.304 e. The molecule has 0 fully saturated rings. The number of benzene rings is 2. The third-order valence-corrected chi connectivity index (χ3v) is 7.03. The fourth-order valence-electron chi connectivity index (χ4n) is 5.07. The topological polar surface area (TPSA) is 139 Å². The van der Waals surface area contributed by atoms with Crippen molar-refractivity contribution in [3.63, 3.8) is 0 Å². The number of carbonyl (C=O) groups is 4. The standard InChI is InChI=1S/C30H36N4O6/c1-20(35)32-24-11-9-21(10-12-24)5-4-6-22(18-28(36)37)29(38)33-26-17-23-19-34(27-8-3-2-7-25(23)27)14-16-40-15-13-31-30(26)39/h2-3,7-12,19,22,26H,4-6,13-18H2,1H3,(H,31,39)(H,32,35)(H,33,38)(H,36,37)/t22-,26+/m1/s1. The molecule has 40 heavy (non-hydrogen) atoms. The summed E-state index contributed by atoms with van der Waals surface area (Å²) in [5, 5.41) is 18.9. The number of amides is 3. The van der Waals surface area contributed by atoms with Crippen LogP contribution in [0, 0.1) is 5.92 Å². The summed E-state index contributed by atoms with van der Waals surface area (Å²) < 4.78 is 7.76. The molecule has 0 unspecified atom stereocenters. The van der Waals surface area contributed by atoms with E-state index in [4.69, 9.17) is 4.74 Å². The molecule has 10 nitrogen and oxygen atoms in total. The molecule has 1 aromatic heterocycles. The minimum atomic E-state index is -1.07. The maximum atomic E-state index is 13.4. The number of aliphatic carboxylic acids is 1. The highest BCUT2D eigenvalue weighted by atomic mass is 16.5. The van der Waals surface area contributed by atoms with Gasteiger partial charge in [0.2, 0.25) is 17.7 Å². The Bertz CT molecular complexity index is 1350. The SMILES string of the molecule is CC(=O)Nc1ccc(CCC[C@H](CC(=O)O)C(=O)N[C@H]2Cc3cn(c4ccccc34)CCOCCNC2=O)cc1. The molecule has 0 spiro atoms. The van der Waals surface area contributed by atoms with Crippen molar-refractivity contribution in [2.24, 2.45) is 5.92 Å². The van der Waals surface area contributed by atoms with E-state index in [0.29, 0.717) is 51.3 Å². The largest absolute Gasteiger partial charge is 0.481 e. The van der Waals surface area contributed by atoms with E-state index in [1.807, 2.05) is 54.7 Å². The lowest BCUT2D eigenvalue weighted by Gasteiger charge is -2.22. The van der Waals surface area contributed by atoms with Crippen LogP contribution >= 0.6 is 0 Å². The number of carbonyl (C=O) groups excluding carboxylic acids is 3. The first-order valence-corrected chi connectivity index (χ1v) is 13.6. The lowest BCUT2D eigenvalue weighted by atomic mass is 9.94. The summed E-state index contributed by atoms with van der Waals surface area (Å²) in [5.41, 5.74) is 3.67. The van der Waals surface area contributed by atoms with Crippen LogP contribution in [0.1, 0.15) is 37.3 Å². The van der Waals surface area contributed by atoms with Crippen LogP contribution in [0.4, 0.5) is 5.69 Å². The van der Waals surface area contributed by atoms with Gasteiger partial charge in [-0.2, -0.15) is 0 Å². The monoisotopic (exact) mass is 548 g/mol. The van der Waals surface area contributed by atoms with Gasteiger partial charge in [-0.05, 0) is 48.6 Å². The summed E-state index contributed by atoms with van der Waals surface area (Å²) >= 11 is 0. The number of hydrogen-bond acceptors (Lipinski definition) is 5. The molecule has 1 aliphatic heterocycles. The van der Waals surface area contributed by atoms with E-state index in [1.165, 1.54) is 6.92 Å². The first-order chi connectivity index (χ1) is 19.3. The molecule has 4 N–H and O–H groups in total. The van der Waals surface area contributed by atoms with E-state index < -0.39 is 23.8 Å². The van der Waals surface area contributed by atoms with Crippen molar-refractivity contribution in [2.75, 3.05) is 25.1 Å². The van der Waals surface area contributed by atoms with Crippen LogP contribution in [0.25, 0.3) is 10.9 Å². The molecule has 4 rings (SSSR count). The zero-order valence-electron chi connectivity index (χ0n) is 22.7. The van der Waals surface area contributed by atoms with Gasteiger partial charge in [0.05, 0.1) is 19.6 Å². The predicted octanol–water partition coefficient (Wildman–Crippen LogP) is 2.89. The van der Waals surface area contributed by atoms with Gasteiger partial charge in [-0.25, -0.2) is 0 Å². The lowest BCUT2D eigenvalue weighted by molar-refractivity contribution is -0.141. The molecule has 0 radical (unpaired) electrons. The van der Waals surface area contributed by atoms with Gasteiger partial charge in [0.15, 0.2) is 0 Å². The van der Waals surface area contributed by atoms with Crippen LogP contribution in [0.3, 0.4) is 0 Å². The number of para-hydroxylation sites is 1. The van der Waals surface area contributed by atoms with E-state index in [2.05, 4.69) is 20.5 Å². The number of ether oxygens (including phenoxy) is 1. The van der Waals surface area contributed by atoms with Gasteiger partial charge in [-0.3, -0.25) is 19.2 Å². The Kier molecular flexibility index (Phi) is 9.91. The van der Waals surface area contributed by atoms with Crippen molar-refractivity contribution >= 4 is 40.3 Å². The number of carboxylic acids is 1. The molecule has 2 bridgehead atoms. The molecule has 10 heteroatoms. The fraction of sp³-hybridized carbons (Fsp3) is 0.400. The second kappa shape index (κ2) is 13.7. The molecule has 2 heterocycles. The van der Waals surface area contributed by atoms with Gasteiger partial charge in [0.1, 0.15) is 6.04 Å². The fourth-order valence-corrected chi connectivity index (χ4v) is 5.07. The maximum absolute atomic E-state index is 13.4. The number of aromatic nitrogens is 1. The van der Waals surface area contributed by atoms with Gasteiger partial charge in [0, 0.05) is 55.1 Å². The van der Waals surface area contributed by atoms with Gasteiger partial charge in [-0.15, -0.1) is 0 Å². The first-order valence-electron chi connectivity index (χ1n) is 13.6. The van der Waals surface area contributed by atoms with Crippen LogP contribution in [-0.2, 0) is 43.3 Å². The van der Waals surface area contributed by atoms with E-state index in [1.54, 1.807) is 0 Å². The van der Waals surface area contributed by atoms with Crippen LogP contribution in [-0.4, -0.2) is 59.2 Å². The van der Waals surface area contributed by atoms with Crippen LogP contribution in [0.5, 0.6) is 0 Å². The number of hydrogen-bond donors (Lipinski definition) is 4. The molecular weight excluding hydrogens is 512 g/mol. The Morgan fingerprint density at radius 2 is 1.90 bits per heavy atom. The second-order valence-electron chi connectivity index (χ2n) is 10.1. The molecule has 3 aromatic rings. The Morgan fingerprint density at radius 3 is 2.65 bits per heavy atom.